The molecule has 0 aliphatic rings. The fourth-order valence-electron chi connectivity index (χ4n) is 3.23. The highest BCUT2D eigenvalue weighted by Crippen LogP contribution is 2.30. The molecule has 3 aromatic heterocycles. The van der Waals surface area contributed by atoms with E-state index < -0.39 is 11.5 Å². The number of aryl methyl sites for hydroxylation is 2. The second kappa shape index (κ2) is 9.74. The molecule has 0 aliphatic heterocycles. The van der Waals surface area contributed by atoms with Crippen LogP contribution >= 0.6 is 11.3 Å². The van der Waals surface area contributed by atoms with Crippen molar-refractivity contribution >= 4 is 28.7 Å². The number of nitrogens with one attached hydrogen (secondary N) is 1. The van der Waals surface area contributed by atoms with E-state index >= 15 is 0 Å². The van der Waals surface area contributed by atoms with Gasteiger partial charge in [-0.3, -0.25) is 9.78 Å². The average molecular weight is 465 g/mol. The summed E-state index contributed by atoms with van der Waals surface area (Å²) in [4.78, 5) is 30.7. The molecule has 0 atom stereocenters. The molecule has 0 unspecified atom stereocenters. The predicted molar refractivity (Wildman–Crippen MR) is 125 cm³/mol. The summed E-state index contributed by atoms with van der Waals surface area (Å²) in [5.41, 5.74) is 2.75. The predicted octanol–water partition coefficient (Wildman–Crippen LogP) is 4.93. The van der Waals surface area contributed by atoms with Gasteiger partial charge >= 0.3 is 5.97 Å². The molecule has 9 heteroatoms. The van der Waals surface area contributed by atoms with Crippen LogP contribution in [0.1, 0.15) is 28.4 Å². The topological polar surface area (TPSA) is 86.1 Å². The van der Waals surface area contributed by atoms with Crippen molar-refractivity contribution in [3.8, 4) is 11.3 Å². The van der Waals surface area contributed by atoms with Crippen molar-refractivity contribution in [1.82, 2.24) is 14.8 Å². The van der Waals surface area contributed by atoms with Crippen molar-refractivity contribution in [2.24, 2.45) is 0 Å². The van der Waals surface area contributed by atoms with Gasteiger partial charge in [-0.2, -0.15) is 16.4 Å². The number of anilines is 2. The minimum absolute atomic E-state index is 0.0356. The zero-order valence-corrected chi connectivity index (χ0v) is 18.9. The summed E-state index contributed by atoms with van der Waals surface area (Å²) >= 11 is 1.45. The molecule has 0 aliphatic carbocycles. The SMILES string of the molecule is CCn1nc(-c2ccsc2)c(C(=O)OCc2ccc(F)cc2)c(Nc2cnccc2C)c1=O. The lowest BCUT2D eigenvalue weighted by Gasteiger charge is -2.17. The Morgan fingerprint density at radius 3 is 2.67 bits per heavy atom. The summed E-state index contributed by atoms with van der Waals surface area (Å²) in [6.07, 6.45) is 3.23. The fourth-order valence-corrected chi connectivity index (χ4v) is 3.87. The molecule has 3 heterocycles. The molecule has 1 aromatic carbocycles. The van der Waals surface area contributed by atoms with Gasteiger partial charge in [-0.05, 0) is 54.6 Å². The summed E-state index contributed by atoms with van der Waals surface area (Å²) in [6.45, 7) is 3.92. The highest BCUT2D eigenvalue weighted by Gasteiger charge is 2.26. The second-order valence-electron chi connectivity index (χ2n) is 7.25. The van der Waals surface area contributed by atoms with Crippen molar-refractivity contribution in [2.75, 3.05) is 5.32 Å². The van der Waals surface area contributed by atoms with Crippen LogP contribution in [-0.2, 0) is 17.9 Å². The van der Waals surface area contributed by atoms with E-state index in [1.807, 2.05) is 23.8 Å². The Kier molecular flexibility index (Phi) is 6.60. The van der Waals surface area contributed by atoms with E-state index in [0.29, 0.717) is 29.1 Å². The standard InChI is InChI=1S/C24H21FN4O3S/c1-3-29-23(30)22(27-19-12-26-10-8-15(19)2)20(21(28-29)17-9-11-33-14-17)24(31)32-13-16-4-6-18(25)7-5-16/h4-12,14,27H,3,13H2,1-2H3. The second-order valence-corrected chi connectivity index (χ2v) is 8.03. The van der Waals surface area contributed by atoms with Gasteiger partial charge < -0.3 is 10.1 Å². The summed E-state index contributed by atoms with van der Waals surface area (Å²) < 4.78 is 20.0. The lowest BCUT2D eigenvalue weighted by molar-refractivity contribution is 0.0474. The summed E-state index contributed by atoms with van der Waals surface area (Å²) in [6, 6.07) is 9.29. The van der Waals surface area contributed by atoms with Crippen LogP contribution < -0.4 is 10.9 Å². The summed E-state index contributed by atoms with van der Waals surface area (Å²) in [7, 11) is 0. The number of thiophene rings is 1. The molecule has 168 valence electrons. The van der Waals surface area contributed by atoms with Crippen LogP contribution in [0.5, 0.6) is 0 Å². The summed E-state index contributed by atoms with van der Waals surface area (Å²) in [5.74, 6) is -1.09. The first-order chi connectivity index (χ1) is 16.0. The number of carbonyl (C=O) groups excluding carboxylic acids is 1. The maximum Gasteiger partial charge on any atom is 0.343 e. The van der Waals surface area contributed by atoms with E-state index in [0.717, 1.165) is 5.56 Å². The van der Waals surface area contributed by atoms with Gasteiger partial charge in [-0.25, -0.2) is 13.9 Å². The number of carbonyl (C=O) groups is 1. The molecule has 0 bridgehead atoms. The third-order valence-electron chi connectivity index (χ3n) is 5.04. The van der Waals surface area contributed by atoms with Crippen LogP contribution in [0.2, 0.25) is 0 Å². The Morgan fingerprint density at radius 1 is 1.21 bits per heavy atom. The van der Waals surface area contributed by atoms with Gasteiger partial charge in [0.1, 0.15) is 29.4 Å². The van der Waals surface area contributed by atoms with E-state index in [9.17, 15) is 14.0 Å². The van der Waals surface area contributed by atoms with Crippen molar-refractivity contribution in [3.05, 3.63) is 92.4 Å². The van der Waals surface area contributed by atoms with Crippen LogP contribution in [0.15, 0.2) is 64.3 Å². The number of pyridine rings is 1. The molecule has 0 fully saturated rings. The van der Waals surface area contributed by atoms with E-state index in [1.165, 1.54) is 40.3 Å². The lowest BCUT2D eigenvalue weighted by atomic mass is 10.1. The first-order valence-electron chi connectivity index (χ1n) is 10.2. The lowest BCUT2D eigenvalue weighted by Crippen LogP contribution is -2.29. The molecule has 0 radical (unpaired) electrons. The molecule has 0 spiro atoms. The number of rotatable bonds is 7. The molecule has 0 amide bonds. The maximum atomic E-state index is 13.3. The Balaban J connectivity index is 1.82. The van der Waals surface area contributed by atoms with Crippen molar-refractivity contribution in [1.29, 1.82) is 0 Å². The molecule has 33 heavy (non-hydrogen) atoms. The quantitative estimate of drug-likeness (QED) is 0.390. The molecule has 4 rings (SSSR count). The van der Waals surface area contributed by atoms with Crippen LogP contribution in [0.4, 0.5) is 15.8 Å². The van der Waals surface area contributed by atoms with Crippen LogP contribution in [-0.4, -0.2) is 20.7 Å². The number of halogens is 1. The highest BCUT2D eigenvalue weighted by atomic mass is 32.1. The smallest absolute Gasteiger partial charge is 0.343 e. The Morgan fingerprint density at radius 2 is 2.00 bits per heavy atom. The van der Waals surface area contributed by atoms with Gasteiger partial charge in [0.05, 0.1) is 11.9 Å². The zero-order chi connectivity index (χ0) is 23.4. The normalized spacial score (nSPS) is 10.8. The number of aromatic nitrogens is 3. The molecule has 4 aromatic rings. The third kappa shape index (κ3) is 4.83. The van der Waals surface area contributed by atoms with Crippen molar-refractivity contribution in [2.45, 2.75) is 27.0 Å². The maximum absolute atomic E-state index is 13.3. The minimum Gasteiger partial charge on any atom is -0.457 e. The fraction of sp³-hybridized carbons (Fsp3) is 0.167. The van der Waals surface area contributed by atoms with E-state index in [-0.39, 0.29) is 23.7 Å². The van der Waals surface area contributed by atoms with E-state index in [2.05, 4.69) is 15.4 Å². The van der Waals surface area contributed by atoms with Gasteiger partial charge in [0.25, 0.3) is 5.56 Å². The molecule has 1 N–H and O–H groups in total. The van der Waals surface area contributed by atoms with Crippen LogP contribution in [0, 0.1) is 12.7 Å². The van der Waals surface area contributed by atoms with Crippen molar-refractivity contribution in [3.63, 3.8) is 0 Å². The first kappa shape index (κ1) is 22.3. The van der Waals surface area contributed by atoms with Gasteiger partial charge in [0.15, 0.2) is 0 Å². The molecular formula is C24H21FN4O3S. The minimum atomic E-state index is -0.711. The average Bonchev–Trinajstić information content (AvgIpc) is 3.36. The van der Waals surface area contributed by atoms with Crippen LogP contribution in [0.3, 0.4) is 0 Å². The van der Waals surface area contributed by atoms with E-state index in [1.54, 1.807) is 25.4 Å². The molecule has 0 saturated heterocycles. The monoisotopic (exact) mass is 464 g/mol. The zero-order valence-electron chi connectivity index (χ0n) is 18.0. The van der Waals surface area contributed by atoms with Crippen LogP contribution in [0.25, 0.3) is 11.3 Å². The number of benzene rings is 1. The Bertz CT molecular complexity index is 1340. The number of hydrogen-bond donors (Lipinski definition) is 1. The number of ether oxygens (including phenoxy) is 1. The van der Waals surface area contributed by atoms with Gasteiger partial charge in [-0.1, -0.05) is 12.1 Å². The number of hydrogen-bond acceptors (Lipinski definition) is 7. The third-order valence-corrected chi connectivity index (χ3v) is 5.72. The molecular weight excluding hydrogens is 443 g/mol. The Labute approximate surface area is 193 Å². The van der Waals surface area contributed by atoms with E-state index in [4.69, 9.17) is 4.74 Å². The Hall–Kier alpha value is -3.85. The summed E-state index contributed by atoms with van der Waals surface area (Å²) in [5, 5.41) is 11.3. The molecule has 0 saturated carbocycles. The van der Waals surface area contributed by atoms with Crippen molar-refractivity contribution < 1.29 is 13.9 Å². The van der Waals surface area contributed by atoms with Gasteiger partial charge in [0.2, 0.25) is 0 Å². The first-order valence-corrected chi connectivity index (χ1v) is 11.2. The largest absolute Gasteiger partial charge is 0.457 e. The van der Waals surface area contributed by atoms with Gasteiger partial charge in [0, 0.05) is 23.7 Å². The number of esters is 1. The number of nitrogens with zero attached hydrogens (tertiary/aromatic N) is 3. The highest BCUT2D eigenvalue weighted by molar-refractivity contribution is 7.08. The van der Waals surface area contributed by atoms with Gasteiger partial charge in [-0.15, -0.1) is 0 Å². The molecule has 7 nitrogen and oxygen atoms in total.